The molecule has 0 aliphatic rings. The van der Waals surface area contributed by atoms with Crippen LogP contribution in [0.3, 0.4) is 0 Å². The van der Waals surface area contributed by atoms with Gasteiger partial charge in [0.15, 0.2) is 0 Å². The van der Waals surface area contributed by atoms with Crippen molar-refractivity contribution in [3.8, 4) is 0 Å². The number of fused-ring (bicyclic) bond motifs is 1. The average Bonchev–Trinajstić information content (AvgIpc) is 2.94. The molecule has 0 spiro atoms. The molecule has 2 aromatic carbocycles. The topological polar surface area (TPSA) is 124 Å². The Morgan fingerprint density at radius 1 is 1.08 bits per heavy atom. The molecule has 0 unspecified atom stereocenters. The molecular weight excluding hydrogens is 380 g/mol. The van der Waals surface area contributed by atoms with Gasteiger partial charge in [-0.15, -0.1) is 0 Å². The molecule has 0 radical (unpaired) electrons. The Labute approximate surface area is 153 Å². The molecule has 0 fully saturated rings. The van der Waals surface area contributed by atoms with E-state index in [0.717, 1.165) is 0 Å². The van der Waals surface area contributed by atoms with Crippen molar-refractivity contribution in [2.24, 2.45) is 0 Å². The predicted octanol–water partition coefficient (Wildman–Crippen LogP) is 1.82. The van der Waals surface area contributed by atoms with Crippen LogP contribution in [-0.2, 0) is 14.8 Å². The van der Waals surface area contributed by atoms with E-state index in [0.29, 0.717) is 16.7 Å². The molecule has 3 aromatic rings. The molecular formula is C16H15ClN4O4S. The van der Waals surface area contributed by atoms with Crippen molar-refractivity contribution in [1.82, 2.24) is 14.7 Å². The van der Waals surface area contributed by atoms with Crippen molar-refractivity contribution < 1.29 is 13.2 Å². The Hall–Kier alpha value is -2.62. The number of amides is 1. The summed E-state index contributed by atoms with van der Waals surface area (Å²) in [7, 11) is -3.79. The van der Waals surface area contributed by atoms with Gasteiger partial charge in [0, 0.05) is 18.7 Å². The number of benzene rings is 2. The third-order valence-electron chi connectivity index (χ3n) is 3.57. The number of carbonyl (C=O) groups excluding carboxylic acids is 1. The number of imidazole rings is 1. The number of rotatable bonds is 6. The normalized spacial score (nSPS) is 11.6. The molecule has 1 aromatic heterocycles. The van der Waals surface area contributed by atoms with E-state index >= 15 is 0 Å². The number of aromatic amines is 2. The summed E-state index contributed by atoms with van der Waals surface area (Å²) in [5.41, 5.74) is 1.34. The van der Waals surface area contributed by atoms with Crippen molar-refractivity contribution >= 4 is 44.3 Å². The summed E-state index contributed by atoms with van der Waals surface area (Å²) in [6, 6.07) is 11.0. The summed E-state index contributed by atoms with van der Waals surface area (Å²) in [6.07, 6.45) is -0.0641. The third-order valence-corrected chi connectivity index (χ3v) is 5.53. The minimum absolute atomic E-state index is 0.0380. The fourth-order valence-electron chi connectivity index (χ4n) is 2.37. The van der Waals surface area contributed by atoms with E-state index in [9.17, 15) is 18.0 Å². The Bertz CT molecular complexity index is 1120. The second-order valence-corrected chi connectivity index (χ2v) is 7.61. The molecule has 0 atom stereocenters. The average molecular weight is 395 g/mol. The molecule has 0 bridgehead atoms. The number of nitrogens with one attached hydrogen (secondary N) is 4. The maximum atomic E-state index is 12.2. The molecule has 1 heterocycles. The SMILES string of the molecule is O=C(CCNS(=O)(=O)c1ccccc1Cl)Nc1ccc2[nH]c(=O)[nH]c2c1. The van der Waals surface area contributed by atoms with Crippen LogP contribution in [0.2, 0.25) is 5.02 Å². The molecule has 1 amide bonds. The van der Waals surface area contributed by atoms with Crippen LogP contribution < -0.4 is 15.7 Å². The van der Waals surface area contributed by atoms with Gasteiger partial charge in [0.1, 0.15) is 4.90 Å². The van der Waals surface area contributed by atoms with Crippen LogP contribution in [0.25, 0.3) is 11.0 Å². The summed E-state index contributed by atoms with van der Waals surface area (Å²) in [6.45, 7) is -0.0807. The van der Waals surface area contributed by atoms with Gasteiger partial charge in [0.25, 0.3) is 0 Å². The Morgan fingerprint density at radius 2 is 1.81 bits per heavy atom. The standard InChI is InChI=1S/C16H15ClN4O4S/c17-11-3-1-2-4-14(11)26(24,25)18-8-7-15(22)19-10-5-6-12-13(9-10)21-16(23)20-12/h1-6,9,18H,7-8H2,(H,19,22)(H2,20,21,23). The van der Waals surface area contributed by atoms with E-state index in [-0.39, 0.29) is 34.5 Å². The molecule has 26 heavy (non-hydrogen) atoms. The first-order chi connectivity index (χ1) is 12.3. The van der Waals surface area contributed by atoms with Crippen molar-refractivity contribution in [2.45, 2.75) is 11.3 Å². The second kappa shape index (κ2) is 7.32. The number of hydrogen-bond donors (Lipinski definition) is 4. The van der Waals surface area contributed by atoms with Crippen LogP contribution in [0.15, 0.2) is 52.2 Å². The molecule has 4 N–H and O–H groups in total. The Morgan fingerprint density at radius 3 is 2.58 bits per heavy atom. The molecule has 10 heteroatoms. The number of aromatic nitrogens is 2. The summed E-state index contributed by atoms with van der Waals surface area (Å²) < 4.78 is 26.7. The fourth-order valence-corrected chi connectivity index (χ4v) is 3.92. The van der Waals surface area contributed by atoms with Crippen LogP contribution in [0.4, 0.5) is 5.69 Å². The van der Waals surface area contributed by atoms with E-state index < -0.39 is 10.0 Å². The molecule has 136 valence electrons. The highest BCUT2D eigenvalue weighted by Crippen LogP contribution is 2.20. The van der Waals surface area contributed by atoms with Crippen molar-refractivity contribution in [3.05, 3.63) is 58.0 Å². The molecule has 8 nitrogen and oxygen atoms in total. The van der Waals surface area contributed by atoms with E-state index in [2.05, 4.69) is 20.0 Å². The van der Waals surface area contributed by atoms with Gasteiger partial charge >= 0.3 is 5.69 Å². The van der Waals surface area contributed by atoms with Gasteiger partial charge in [0.2, 0.25) is 15.9 Å². The van der Waals surface area contributed by atoms with Crippen molar-refractivity contribution in [1.29, 1.82) is 0 Å². The third kappa shape index (κ3) is 4.13. The minimum atomic E-state index is -3.79. The Kier molecular flexibility index (Phi) is 5.12. The lowest BCUT2D eigenvalue weighted by molar-refractivity contribution is -0.116. The highest BCUT2D eigenvalue weighted by molar-refractivity contribution is 7.89. The van der Waals surface area contributed by atoms with E-state index in [1.165, 1.54) is 12.1 Å². The number of anilines is 1. The van der Waals surface area contributed by atoms with Gasteiger partial charge < -0.3 is 15.3 Å². The molecule has 0 saturated heterocycles. The van der Waals surface area contributed by atoms with Crippen LogP contribution in [-0.4, -0.2) is 30.8 Å². The lowest BCUT2D eigenvalue weighted by atomic mass is 10.2. The summed E-state index contributed by atoms with van der Waals surface area (Å²) in [5, 5.41) is 2.75. The zero-order valence-corrected chi connectivity index (χ0v) is 14.9. The smallest absolute Gasteiger partial charge is 0.323 e. The fraction of sp³-hybridized carbons (Fsp3) is 0.125. The lowest BCUT2D eigenvalue weighted by Crippen LogP contribution is -2.28. The monoisotopic (exact) mass is 394 g/mol. The van der Waals surface area contributed by atoms with Crippen molar-refractivity contribution in [3.63, 3.8) is 0 Å². The highest BCUT2D eigenvalue weighted by atomic mass is 35.5. The van der Waals surface area contributed by atoms with Crippen LogP contribution in [0.1, 0.15) is 6.42 Å². The highest BCUT2D eigenvalue weighted by Gasteiger charge is 2.17. The maximum Gasteiger partial charge on any atom is 0.323 e. The number of H-pyrrole nitrogens is 2. The van der Waals surface area contributed by atoms with Gasteiger partial charge in [-0.05, 0) is 30.3 Å². The molecule has 3 rings (SSSR count). The first-order valence-electron chi connectivity index (χ1n) is 7.61. The number of carbonyl (C=O) groups is 1. The number of sulfonamides is 1. The van der Waals surface area contributed by atoms with Crippen molar-refractivity contribution in [2.75, 3.05) is 11.9 Å². The maximum absolute atomic E-state index is 12.2. The quantitative estimate of drug-likeness (QED) is 0.509. The second-order valence-electron chi connectivity index (χ2n) is 5.47. The van der Waals surface area contributed by atoms with Crippen LogP contribution in [0.5, 0.6) is 0 Å². The van der Waals surface area contributed by atoms with Crippen LogP contribution in [0, 0.1) is 0 Å². The Balaban J connectivity index is 1.58. The zero-order valence-electron chi connectivity index (χ0n) is 13.4. The van der Waals surface area contributed by atoms with Crippen LogP contribution >= 0.6 is 11.6 Å². The largest absolute Gasteiger partial charge is 0.326 e. The van der Waals surface area contributed by atoms with E-state index in [4.69, 9.17) is 11.6 Å². The zero-order chi connectivity index (χ0) is 18.7. The molecule has 0 aliphatic heterocycles. The molecule has 0 saturated carbocycles. The molecule has 0 aliphatic carbocycles. The predicted molar refractivity (Wildman–Crippen MR) is 98.8 cm³/mol. The first-order valence-corrected chi connectivity index (χ1v) is 9.47. The van der Waals surface area contributed by atoms with E-state index in [1.54, 1.807) is 30.3 Å². The van der Waals surface area contributed by atoms with Gasteiger partial charge in [-0.25, -0.2) is 17.9 Å². The summed E-state index contributed by atoms with van der Waals surface area (Å²) >= 11 is 5.88. The number of halogens is 1. The summed E-state index contributed by atoms with van der Waals surface area (Å²) in [4.78, 5) is 28.4. The van der Waals surface area contributed by atoms with E-state index in [1.807, 2.05) is 0 Å². The first kappa shape index (κ1) is 18.2. The lowest BCUT2D eigenvalue weighted by Gasteiger charge is -2.09. The van der Waals surface area contributed by atoms with Gasteiger partial charge in [-0.1, -0.05) is 23.7 Å². The van der Waals surface area contributed by atoms with Gasteiger partial charge in [0.05, 0.1) is 16.1 Å². The number of hydrogen-bond acceptors (Lipinski definition) is 4. The van der Waals surface area contributed by atoms with Gasteiger partial charge in [-0.2, -0.15) is 0 Å². The van der Waals surface area contributed by atoms with Gasteiger partial charge in [-0.3, -0.25) is 4.79 Å². The minimum Gasteiger partial charge on any atom is -0.326 e. The summed E-state index contributed by atoms with van der Waals surface area (Å²) in [5.74, 6) is -0.371.